The fourth-order valence-electron chi connectivity index (χ4n) is 4.31. The first-order valence-electron chi connectivity index (χ1n) is 12.1. The smallest absolute Gasteiger partial charge is 0.243 e. The highest BCUT2D eigenvalue weighted by Gasteiger charge is 2.33. The second kappa shape index (κ2) is 11.9. The molecule has 0 heterocycles. The third-order valence-electron chi connectivity index (χ3n) is 5.80. The van der Waals surface area contributed by atoms with E-state index in [9.17, 15) is 9.59 Å². The SMILES string of the molecule is Cc1cc(C)cc(CC(=O)N(Cc2c(Cl)cccc2Cl)[C@H](Cc2ccccc2)C(=O)NC(C)(C)C)c1. The first-order valence-corrected chi connectivity index (χ1v) is 12.8. The van der Waals surface area contributed by atoms with Crippen LogP contribution in [0, 0.1) is 13.8 Å². The molecule has 0 aliphatic rings. The van der Waals surface area contributed by atoms with Crippen molar-refractivity contribution < 1.29 is 9.59 Å². The molecule has 36 heavy (non-hydrogen) atoms. The van der Waals surface area contributed by atoms with Crippen molar-refractivity contribution in [1.82, 2.24) is 10.2 Å². The van der Waals surface area contributed by atoms with Gasteiger partial charge in [-0.05, 0) is 57.9 Å². The minimum absolute atomic E-state index is 0.122. The zero-order valence-electron chi connectivity index (χ0n) is 21.6. The average molecular weight is 526 g/mol. The predicted molar refractivity (Wildman–Crippen MR) is 148 cm³/mol. The maximum Gasteiger partial charge on any atom is 0.243 e. The monoisotopic (exact) mass is 524 g/mol. The molecule has 0 bridgehead atoms. The molecule has 0 unspecified atom stereocenters. The summed E-state index contributed by atoms with van der Waals surface area (Å²) in [6.45, 7) is 9.93. The number of aryl methyl sites for hydroxylation is 2. The van der Waals surface area contributed by atoms with E-state index in [1.165, 1.54) is 0 Å². The molecule has 0 saturated carbocycles. The van der Waals surface area contributed by atoms with Crippen LogP contribution < -0.4 is 5.32 Å². The lowest BCUT2D eigenvalue weighted by molar-refractivity contribution is -0.141. The fourth-order valence-corrected chi connectivity index (χ4v) is 4.82. The van der Waals surface area contributed by atoms with Gasteiger partial charge in [-0.3, -0.25) is 9.59 Å². The number of hydrogen-bond acceptors (Lipinski definition) is 2. The van der Waals surface area contributed by atoms with Crippen LogP contribution in [0.2, 0.25) is 10.0 Å². The largest absolute Gasteiger partial charge is 0.350 e. The summed E-state index contributed by atoms with van der Waals surface area (Å²) in [6.07, 6.45) is 0.530. The molecular formula is C30H34Cl2N2O2. The number of nitrogens with one attached hydrogen (secondary N) is 1. The van der Waals surface area contributed by atoms with Crippen molar-refractivity contribution in [2.75, 3.05) is 0 Å². The van der Waals surface area contributed by atoms with E-state index in [4.69, 9.17) is 23.2 Å². The fraction of sp³-hybridized carbons (Fsp3) is 0.333. The topological polar surface area (TPSA) is 49.4 Å². The summed E-state index contributed by atoms with van der Waals surface area (Å²) in [7, 11) is 0. The van der Waals surface area contributed by atoms with Gasteiger partial charge in [0.05, 0.1) is 6.42 Å². The lowest BCUT2D eigenvalue weighted by Gasteiger charge is -2.34. The van der Waals surface area contributed by atoms with Crippen LogP contribution in [0.15, 0.2) is 66.7 Å². The van der Waals surface area contributed by atoms with Gasteiger partial charge >= 0.3 is 0 Å². The van der Waals surface area contributed by atoms with Crippen molar-refractivity contribution in [3.05, 3.63) is 105 Å². The maximum atomic E-state index is 13.9. The predicted octanol–water partition coefficient (Wildman–Crippen LogP) is 6.71. The van der Waals surface area contributed by atoms with Gasteiger partial charge in [-0.15, -0.1) is 0 Å². The van der Waals surface area contributed by atoms with Gasteiger partial charge in [0, 0.05) is 34.1 Å². The van der Waals surface area contributed by atoms with Gasteiger partial charge in [0.2, 0.25) is 11.8 Å². The summed E-state index contributed by atoms with van der Waals surface area (Å²) < 4.78 is 0. The molecule has 6 heteroatoms. The van der Waals surface area contributed by atoms with Crippen LogP contribution in [0.3, 0.4) is 0 Å². The Morgan fingerprint density at radius 1 is 0.861 bits per heavy atom. The summed E-state index contributed by atoms with van der Waals surface area (Å²) in [4.78, 5) is 29.2. The summed E-state index contributed by atoms with van der Waals surface area (Å²) in [5, 5.41) is 3.99. The molecule has 3 aromatic rings. The van der Waals surface area contributed by atoms with Gasteiger partial charge in [-0.25, -0.2) is 0 Å². The third kappa shape index (κ3) is 7.84. The summed E-state index contributed by atoms with van der Waals surface area (Å²) in [6, 6.07) is 20.3. The van der Waals surface area contributed by atoms with E-state index < -0.39 is 11.6 Å². The number of hydrogen-bond donors (Lipinski definition) is 1. The lowest BCUT2D eigenvalue weighted by atomic mass is 9.99. The highest BCUT2D eigenvalue weighted by molar-refractivity contribution is 6.36. The lowest BCUT2D eigenvalue weighted by Crippen LogP contribution is -2.54. The molecule has 3 aromatic carbocycles. The van der Waals surface area contributed by atoms with Gasteiger partial charge < -0.3 is 10.2 Å². The first kappa shape index (κ1) is 27.8. The van der Waals surface area contributed by atoms with Crippen LogP contribution in [-0.2, 0) is 29.0 Å². The quantitative estimate of drug-likeness (QED) is 0.356. The number of rotatable bonds is 8. The van der Waals surface area contributed by atoms with E-state index in [2.05, 4.69) is 11.4 Å². The Hall–Kier alpha value is -2.82. The maximum absolute atomic E-state index is 13.9. The van der Waals surface area contributed by atoms with Crippen LogP contribution in [0.4, 0.5) is 0 Å². The number of halogens is 2. The molecule has 1 atom stereocenters. The third-order valence-corrected chi connectivity index (χ3v) is 6.50. The molecule has 1 N–H and O–H groups in total. The van der Waals surface area contributed by atoms with Gasteiger partial charge in [0.25, 0.3) is 0 Å². The number of carbonyl (C=O) groups is 2. The van der Waals surface area contributed by atoms with Gasteiger partial charge in [0.1, 0.15) is 6.04 Å². The molecule has 4 nitrogen and oxygen atoms in total. The number of nitrogens with zero attached hydrogens (tertiary/aromatic N) is 1. The first-order chi connectivity index (χ1) is 16.9. The Morgan fingerprint density at radius 2 is 1.44 bits per heavy atom. The van der Waals surface area contributed by atoms with Gasteiger partial charge in [-0.2, -0.15) is 0 Å². The van der Waals surface area contributed by atoms with E-state index in [1.807, 2.05) is 77.1 Å². The Kier molecular flexibility index (Phi) is 9.21. The van der Waals surface area contributed by atoms with Crippen molar-refractivity contribution >= 4 is 35.0 Å². The van der Waals surface area contributed by atoms with E-state index in [1.54, 1.807) is 23.1 Å². The molecule has 0 fully saturated rings. The molecule has 0 aliphatic heterocycles. The highest BCUT2D eigenvalue weighted by atomic mass is 35.5. The Labute approximate surface area is 224 Å². The number of carbonyl (C=O) groups excluding carboxylic acids is 2. The molecule has 0 aromatic heterocycles. The average Bonchev–Trinajstić information content (AvgIpc) is 2.76. The van der Waals surface area contributed by atoms with Crippen LogP contribution in [0.1, 0.15) is 48.6 Å². The molecule has 2 amide bonds. The van der Waals surface area contributed by atoms with E-state index in [0.717, 1.165) is 22.3 Å². The Morgan fingerprint density at radius 3 is 2.00 bits per heavy atom. The second-order valence-corrected chi connectivity index (χ2v) is 11.2. The Balaban J connectivity index is 2.06. The van der Waals surface area contributed by atoms with Crippen LogP contribution >= 0.6 is 23.2 Å². The van der Waals surface area contributed by atoms with Crippen LogP contribution in [-0.4, -0.2) is 28.3 Å². The molecular weight excluding hydrogens is 491 g/mol. The molecule has 0 spiro atoms. The zero-order chi connectivity index (χ0) is 26.5. The highest BCUT2D eigenvalue weighted by Crippen LogP contribution is 2.28. The van der Waals surface area contributed by atoms with Crippen molar-refractivity contribution in [2.45, 2.75) is 65.6 Å². The normalized spacial score (nSPS) is 12.2. The standard InChI is InChI=1S/C30H34Cl2N2O2/c1-20-14-21(2)16-23(15-20)18-28(35)34(19-24-25(31)12-9-13-26(24)32)27(29(36)33-30(3,4)5)17-22-10-7-6-8-11-22/h6-16,27H,17-19H2,1-5H3,(H,33,36)/t27-/m1/s1. The minimum atomic E-state index is -0.752. The van der Waals surface area contributed by atoms with Crippen molar-refractivity contribution in [2.24, 2.45) is 0 Å². The van der Waals surface area contributed by atoms with Crippen molar-refractivity contribution in [3.63, 3.8) is 0 Å². The molecule has 0 radical (unpaired) electrons. The molecule has 0 saturated heterocycles. The van der Waals surface area contributed by atoms with Crippen molar-refractivity contribution in [3.8, 4) is 0 Å². The molecule has 0 aliphatic carbocycles. The van der Waals surface area contributed by atoms with E-state index >= 15 is 0 Å². The minimum Gasteiger partial charge on any atom is -0.350 e. The molecule has 3 rings (SSSR count). The van der Waals surface area contributed by atoms with E-state index in [-0.39, 0.29) is 24.8 Å². The van der Waals surface area contributed by atoms with Gasteiger partial charge in [-0.1, -0.05) is 88.9 Å². The van der Waals surface area contributed by atoms with Gasteiger partial charge in [0.15, 0.2) is 0 Å². The number of amides is 2. The van der Waals surface area contributed by atoms with E-state index in [0.29, 0.717) is 22.0 Å². The second-order valence-electron chi connectivity index (χ2n) is 10.3. The number of benzene rings is 3. The molecule has 190 valence electrons. The Bertz CT molecular complexity index is 1180. The summed E-state index contributed by atoms with van der Waals surface area (Å²) in [5.41, 5.74) is 4.20. The van der Waals surface area contributed by atoms with Crippen LogP contribution in [0.25, 0.3) is 0 Å². The van der Waals surface area contributed by atoms with Crippen LogP contribution in [0.5, 0.6) is 0 Å². The zero-order valence-corrected chi connectivity index (χ0v) is 23.1. The summed E-state index contributed by atoms with van der Waals surface area (Å²) >= 11 is 13.0. The summed E-state index contributed by atoms with van der Waals surface area (Å²) in [5.74, 6) is -0.385. The van der Waals surface area contributed by atoms with Crippen molar-refractivity contribution in [1.29, 1.82) is 0 Å².